The molecule has 0 aliphatic heterocycles. The van der Waals surface area contributed by atoms with Gasteiger partial charge in [0, 0.05) is 6.04 Å². The normalized spacial score (nSPS) is 38.4. The van der Waals surface area contributed by atoms with Crippen molar-refractivity contribution in [1.82, 2.24) is 5.32 Å². The van der Waals surface area contributed by atoms with Gasteiger partial charge in [-0.2, -0.15) is 0 Å². The van der Waals surface area contributed by atoms with E-state index in [1.165, 1.54) is 13.3 Å². The van der Waals surface area contributed by atoms with Gasteiger partial charge in [-0.1, -0.05) is 20.8 Å². The Morgan fingerprint density at radius 1 is 1.33 bits per heavy atom. The molecule has 18 heavy (non-hydrogen) atoms. The van der Waals surface area contributed by atoms with Crippen LogP contribution in [0, 0.1) is 22.7 Å². The van der Waals surface area contributed by atoms with Gasteiger partial charge in [-0.05, 0) is 42.9 Å². The zero-order valence-electron chi connectivity index (χ0n) is 11.6. The van der Waals surface area contributed by atoms with E-state index in [0.717, 1.165) is 12.8 Å². The number of carboxylic acid groups (broad SMARTS) is 1. The molecular weight excluding hydrogens is 230 g/mol. The van der Waals surface area contributed by atoms with Crippen molar-refractivity contribution in [2.75, 3.05) is 0 Å². The Kier molecular flexibility index (Phi) is 2.95. The van der Waals surface area contributed by atoms with Crippen LogP contribution in [0.3, 0.4) is 0 Å². The van der Waals surface area contributed by atoms with E-state index in [-0.39, 0.29) is 22.8 Å². The molecule has 0 saturated heterocycles. The molecule has 2 bridgehead atoms. The minimum atomic E-state index is -1.06. The molecule has 0 aromatic heterocycles. The fourth-order valence-electron chi connectivity index (χ4n) is 4.04. The van der Waals surface area contributed by atoms with Crippen LogP contribution in [0.1, 0.15) is 47.0 Å². The van der Waals surface area contributed by atoms with Crippen molar-refractivity contribution in [3.05, 3.63) is 0 Å². The van der Waals surface area contributed by atoms with Crippen LogP contribution in [-0.4, -0.2) is 23.0 Å². The third kappa shape index (κ3) is 1.82. The van der Waals surface area contributed by atoms with Crippen LogP contribution < -0.4 is 5.32 Å². The molecule has 4 nitrogen and oxygen atoms in total. The summed E-state index contributed by atoms with van der Waals surface area (Å²) in [4.78, 5) is 22.8. The number of aliphatic carboxylic acids is 1. The van der Waals surface area contributed by atoms with Crippen LogP contribution in [-0.2, 0) is 9.59 Å². The van der Waals surface area contributed by atoms with E-state index in [1.54, 1.807) is 0 Å². The number of fused-ring (bicyclic) bond motifs is 2. The first-order chi connectivity index (χ1) is 8.18. The lowest BCUT2D eigenvalue weighted by Gasteiger charge is -2.43. The summed E-state index contributed by atoms with van der Waals surface area (Å²) in [5.41, 5.74) is 0.211. The molecule has 4 heteroatoms. The van der Waals surface area contributed by atoms with Gasteiger partial charge in [-0.25, -0.2) is 0 Å². The maximum atomic E-state index is 12.0. The van der Waals surface area contributed by atoms with Crippen molar-refractivity contribution in [3.8, 4) is 0 Å². The summed E-state index contributed by atoms with van der Waals surface area (Å²) in [7, 11) is 0. The minimum absolute atomic E-state index is 0.0703. The molecule has 0 radical (unpaired) electrons. The van der Waals surface area contributed by atoms with Gasteiger partial charge in [0.05, 0.1) is 0 Å². The fraction of sp³-hybridized carbons (Fsp3) is 0.857. The summed E-state index contributed by atoms with van der Waals surface area (Å²) in [6.45, 7) is 8.05. The minimum Gasteiger partial charge on any atom is -0.481 e. The quantitative estimate of drug-likeness (QED) is 0.756. The monoisotopic (exact) mass is 253 g/mol. The molecular formula is C14H23NO3. The highest BCUT2D eigenvalue weighted by Crippen LogP contribution is 2.62. The fourth-order valence-corrected chi connectivity index (χ4v) is 4.04. The number of nitrogens with one attached hydrogen (secondary N) is 1. The van der Waals surface area contributed by atoms with Gasteiger partial charge >= 0.3 is 5.97 Å². The molecule has 2 aliphatic carbocycles. The lowest BCUT2D eigenvalue weighted by molar-refractivity contribution is -0.147. The Morgan fingerprint density at radius 3 is 2.39 bits per heavy atom. The van der Waals surface area contributed by atoms with Gasteiger partial charge in [0.2, 0.25) is 5.91 Å². The van der Waals surface area contributed by atoms with Crippen LogP contribution in [0.4, 0.5) is 0 Å². The van der Waals surface area contributed by atoms with Gasteiger partial charge in [-0.3, -0.25) is 9.59 Å². The summed E-state index contributed by atoms with van der Waals surface area (Å²) in [5.74, 6) is -1.73. The van der Waals surface area contributed by atoms with Crippen LogP contribution in [0.25, 0.3) is 0 Å². The molecule has 2 rings (SSSR count). The summed E-state index contributed by atoms with van der Waals surface area (Å²) in [5, 5.41) is 11.9. The number of carbonyl (C=O) groups is 2. The molecule has 2 N–H and O–H groups in total. The van der Waals surface area contributed by atoms with E-state index in [2.05, 4.69) is 26.1 Å². The van der Waals surface area contributed by atoms with E-state index in [4.69, 9.17) is 5.11 Å². The van der Waals surface area contributed by atoms with Crippen LogP contribution in [0.5, 0.6) is 0 Å². The van der Waals surface area contributed by atoms with E-state index in [1.807, 2.05) is 0 Å². The van der Waals surface area contributed by atoms with Crippen molar-refractivity contribution in [3.63, 3.8) is 0 Å². The molecule has 2 saturated carbocycles. The molecule has 0 spiro atoms. The number of carboxylic acids is 1. The molecule has 4 atom stereocenters. The highest BCUT2D eigenvalue weighted by molar-refractivity contribution is 5.96. The molecule has 0 aromatic carbocycles. The second-order valence-corrected chi connectivity index (χ2v) is 6.92. The van der Waals surface area contributed by atoms with Crippen LogP contribution >= 0.6 is 0 Å². The second kappa shape index (κ2) is 3.97. The largest absolute Gasteiger partial charge is 0.481 e. The molecule has 0 heterocycles. The van der Waals surface area contributed by atoms with Crippen molar-refractivity contribution < 1.29 is 14.7 Å². The Hall–Kier alpha value is -1.06. The van der Waals surface area contributed by atoms with Crippen molar-refractivity contribution in [1.29, 1.82) is 0 Å². The van der Waals surface area contributed by atoms with Gasteiger partial charge < -0.3 is 10.4 Å². The topological polar surface area (TPSA) is 66.4 Å². The summed E-state index contributed by atoms with van der Waals surface area (Å²) < 4.78 is 0. The molecule has 102 valence electrons. The average Bonchev–Trinajstić information content (AvgIpc) is 2.74. The zero-order valence-corrected chi connectivity index (χ0v) is 11.6. The first kappa shape index (κ1) is 13.4. The highest BCUT2D eigenvalue weighted by Gasteiger charge is 2.59. The first-order valence-electron chi connectivity index (χ1n) is 6.71. The van der Waals surface area contributed by atoms with Crippen molar-refractivity contribution >= 4 is 11.9 Å². The maximum Gasteiger partial charge on any atom is 0.315 e. The molecule has 2 aliphatic rings. The van der Waals surface area contributed by atoms with Gasteiger partial charge in [0.1, 0.15) is 5.92 Å². The highest BCUT2D eigenvalue weighted by atomic mass is 16.4. The number of hydrogen-bond donors (Lipinski definition) is 2. The Bertz CT molecular complexity index is 386. The van der Waals surface area contributed by atoms with Gasteiger partial charge in [-0.15, -0.1) is 0 Å². The molecule has 2 fully saturated rings. The molecule has 1 amide bonds. The number of hydrogen-bond acceptors (Lipinski definition) is 2. The second-order valence-electron chi connectivity index (χ2n) is 6.92. The van der Waals surface area contributed by atoms with E-state index >= 15 is 0 Å². The summed E-state index contributed by atoms with van der Waals surface area (Å²) in [6, 6.07) is 0.0954. The number of amides is 1. The number of rotatable bonds is 3. The predicted molar refractivity (Wildman–Crippen MR) is 68.0 cm³/mol. The lowest BCUT2D eigenvalue weighted by atomic mass is 9.68. The Morgan fingerprint density at radius 2 is 1.94 bits per heavy atom. The Balaban J connectivity index is 2.14. The number of carbonyl (C=O) groups excluding carboxylic acids is 1. The standard InChI is InChI=1S/C14H23NO3/c1-8(11(17)18)10(16)15-12-13(2,3)9-5-6-14(12,4)7-9/h8-9,12H,5-7H2,1-4H3,(H,15,16)(H,17,18). The van der Waals surface area contributed by atoms with Crippen LogP contribution in [0.15, 0.2) is 0 Å². The average molecular weight is 253 g/mol. The maximum absolute atomic E-state index is 12.0. The molecule has 0 aromatic rings. The van der Waals surface area contributed by atoms with Gasteiger partial charge in [0.25, 0.3) is 0 Å². The third-order valence-electron chi connectivity index (χ3n) is 5.32. The zero-order chi connectivity index (χ0) is 13.7. The summed E-state index contributed by atoms with van der Waals surface area (Å²) in [6.07, 6.45) is 3.50. The van der Waals surface area contributed by atoms with E-state index in [9.17, 15) is 9.59 Å². The van der Waals surface area contributed by atoms with E-state index < -0.39 is 11.9 Å². The predicted octanol–water partition coefficient (Wildman–Crippen LogP) is 2.04. The SMILES string of the molecule is CC(C(=O)O)C(=O)NC1C2(C)CCC(C2)C1(C)C. The molecule has 4 unspecified atom stereocenters. The van der Waals surface area contributed by atoms with Gasteiger partial charge in [0.15, 0.2) is 0 Å². The summed E-state index contributed by atoms with van der Waals surface area (Å²) >= 11 is 0. The van der Waals surface area contributed by atoms with Crippen molar-refractivity contribution in [2.45, 2.75) is 53.0 Å². The lowest BCUT2D eigenvalue weighted by Crippen LogP contribution is -2.54. The third-order valence-corrected chi connectivity index (χ3v) is 5.32. The Labute approximate surface area is 108 Å². The van der Waals surface area contributed by atoms with Crippen molar-refractivity contribution in [2.24, 2.45) is 22.7 Å². The van der Waals surface area contributed by atoms with Crippen LogP contribution in [0.2, 0.25) is 0 Å². The first-order valence-corrected chi connectivity index (χ1v) is 6.71. The van der Waals surface area contributed by atoms with E-state index in [0.29, 0.717) is 5.92 Å². The smallest absolute Gasteiger partial charge is 0.315 e.